The summed E-state index contributed by atoms with van der Waals surface area (Å²) in [5.74, 6) is 1.40. The van der Waals surface area contributed by atoms with Crippen LogP contribution in [0.2, 0.25) is 0 Å². The lowest BCUT2D eigenvalue weighted by atomic mass is 10.1. The molecule has 0 atom stereocenters. The van der Waals surface area contributed by atoms with Gasteiger partial charge < -0.3 is 10.6 Å². The Morgan fingerprint density at radius 2 is 2.04 bits per heavy atom. The molecule has 2 rings (SSSR count). The maximum Gasteiger partial charge on any atom is 0.229 e. The predicted molar refractivity (Wildman–Crippen MR) is 100 cm³/mol. The van der Waals surface area contributed by atoms with Crippen molar-refractivity contribution in [3.63, 3.8) is 0 Å². The first-order chi connectivity index (χ1) is 11.8. The molecule has 0 fully saturated rings. The van der Waals surface area contributed by atoms with Crippen LogP contribution in [0, 0.1) is 5.92 Å². The van der Waals surface area contributed by atoms with E-state index in [9.17, 15) is 4.79 Å². The van der Waals surface area contributed by atoms with Gasteiger partial charge >= 0.3 is 0 Å². The molecular weight excluding hydrogens is 316 g/mol. The van der Waals surface area contributed by atoms with Crippen molar-refractivity contribution in [2.45, 2.75) is 40.2 Å². The number of nitrogens with one attached hydrogen (secondary N) is 2. The number of rotatable bonds is 7. The van der Waals surface area contributed by atoms with Crippen LogP contribution in [-0.2, 0) is 5.54 Å². The topological polar surface area (TPSA) is 84.7 Å². The van der Waals surface area contributed by atoms with Crippen molar-refractivity contribution in [2.24, 2.45) is 5.92 Å². The zero-order valence-electron chi connectivity index (χ0n) is 15.4. The fourth-order valence-corrected chi connectivity index (χ4v) is 2.06. The van der Waals surface area contributed by atoms with E-state index in [0.717, 1.165) is 12.0 Å². The maximum absolute atomic E-state index is 11.2. The van der Waals surface area contributed by atoms with Crippen LogP contribution in [0.25, 0.3) is 0 Å². The second kappa shape index (κ2) is 7.92. The highest BCUT2D eigenvalue weighted by Crippen LogP contribution is 2.19. The third-order valence-corrected chi connectivity index (χ3v) is 3.38. The molecule has 0 bridgehead atoms. The minimum atomic E-state index is -0.0996. The Labute approximate surface area is 148 Å². The van der Waals surface area contributed by atoms with Crippen LogP contribution in [0.15, 0.2) is 30.7 Å². The summed E-state index contributed by atoms with van der Waals surface area (Å²) in [7, 11) is 0. The normalized spacial score (nSPS) is 11.9. The van der Waals surface area contributed by atoms with Gasteiger partial charge in [0.15, 0.2) is 6.29 Å². The number of aldehydes is 1. The summed E-state index contributed by atoms with van der Waals surface area (Å²) in [4.78, 5) is 19.8. The lowest BCUT2D eigenvalue weighted by Gasteiger charge is -2.18. The molecule has 0 aliphatic heterocycles. The average Bonchev–Trinajstić information content (AvgIpc) is 3.00. The molecule has 0 saturated carbocycles. The summed E-state index contributed by atoms with van der Waals surface area (Å²) in [6, 6.07) is 0. The number of carbonyl (C=O) groups is 1. The molecule has 0 aromatic carbocycles. The second-order valence-corrected chi connectivity index (χ2v) is 7.14. The highest BCUT2D eigenvalue weighted by atomic mass is 16.1. The van der Waals surface area contributed by atoms with Gasteiger partial charge in [-0.1, -0.05) is 26.0 Å². The molecule has 0 saturated heterocycles. The molecule has 2 heterocycles. The van der Waals surface area contributed by atoms with Crippen LogP contribution in [-0.4, -0.2) is 32.6 Å². The Morgan fingerprint density at radius 3 is 2.64 bits per heavy atom. The van der Waals surface area contributed by atoms with Gasteiger partial charge in [0.25, 0.3) is 0 Å². The van der Waals surface area contributed by atoms with E-state index in [0.29, 0.717) is 29.8 Å². The molecule has 7 heteroatoms. The van der Waals surface area contributed by atoms with E-state index in [2.05, 4.69) is 66.4 Å². The molecule has 0 aliphatic carbocycles. The molecule has 0 radical (unpaired) electrons. The van der Waals surface area contributed by atoms with Gasteiger partial charge in [-0.3, -0.25) is 9.48 Å². The van der Waals surface area contributed by atoms with Gasteiger partial charge in [0.1, 0.15) is 5.82 Å². The summed E-state index contributed by atoms with van der Waals surface area (Å²) in [5, 5.41) is 10.6. The summed E-state index contributed by atoms with van der Waals surface area (Å²) < 4.78 is 1.87. The zero-order chi connectivity index (χ0) is 18.4. The van der Waals surface area contributed by atoms with Gasteiger partial charge in [-0.05, 0) is 26.7 Å². The molecule has 134 valence electrons. The van der Waals surface area contributed by atoms with Crippen LogP contribution in [0.3, 0.4) is 0 Å². The minimum absolute atomic E-state index is 0.0996. The average molecular weight is 342 g/mol. The van der Waals surface area contributed by atoms with Gasteiger partial charge in [0.2, 0.25) is 5.95 Å². The summed E-state index contributed by atoms with van der Waals surface area (Å²) in [5.41, 5.74) is 1.12. The SMILES string of the molecule is CC(C)/C=C/CNc1nc(Nc2cnn(C(C)(C)C)c2)ncc1C=O. The van der Waals surface area contributed by atoms with Crippen molar-refractivity contribution in [3.05, 3.63) is 36.3 Å². The fraction of sp³-hybridized carbons (Fsp3) is 0.444. The van der Waals surface area contributed by atoms with Crippen LogP contribution >= 0.6 is 0 Å². The molecule has 0 aliphatic rings. The maximum atomic E-state index is 11.2. The van der Waals surface area contributed by atoms with E-state index in [4.69, 9.17) is 0 Å². The number of allylic oxidation sites excluding steroid dienone is 1. The Kier molecular flexibility index (Phi) is 5.90. The third kappa shape index (κ3) is 5.41. The van der Waals surface area contributed by atoms with E-state index in [-0.39, 0.29) is 5.54 Å². The number of anilines is 3. The molecule has 7 nitrogen and oxygen atoms in total. The van der Waals surface area contributed by atoms with E-state index in [1.54, 1.807) is 6.20 Å². The standard InChI is InChI=1S/C18H26N6O/c1-13(2)7-6-8-19-16-14(12-25)9-20-17(23-16)22-15-10-21-24(11-15)18(3,4)5/h6-7,9-13H,8H2,1-5H3,(H2,19,20,22,23)/b7-6+. The van der Waals surface area contributed by atoms with Crippen molar-refractivity contribution < 1.29 is 4.79 Å². The van der Waals surface area contributed by atoms with Crippen LogP contribution in [0.1, 0.15) is 45.0 Å². The van der Waals surface area contributed by atoms with Crippen LogP contribution < -0.4 is 10.6 Å². The summed E-state index contributed by atoms with van der Waals surface area (Å²) in [6.45, 7) is 11.0. The van der Waals surface area contributed by atoms with Gasteiger partial charge in [-0.25, -0.2) is 4.98 Å². The Morgan fingerprint density at radius 1 is 1.28 bits per heavy atom. The Balaban J connectivity index is 2.12. The molecular formula is C18H26N6O. The summed E-state index contributed by atoms with van der Waals surface area (Å²) >= 11 is 0. The number of hydrogen-bond donors (Lipinski definition) is 2. The van der Waals surface area contributed by atoms with Gasteiger partial charge in [0.05, 0.1) is 23.0 Å². The smallest absolute Gasteiger partial charge is 0.229 e. The lowest BCUT2D eigenvalue weighted by molar-refractivity contribution is 0.112. The number of carbonyl (C=O) groups excluding carboxylic acids is 1. The number of hydrogen-bond acceptors (Lipinski definition) is 6. The number of aromatic nitrogens is 4. The van der Waals surface area contributed by atoms with E-state index < -0.39 is 0 Å². The quantitative estimate of drug-likeness (QED) is 0.591. The van der Waals surface area contributed by atoms with Crippen molar-refractivity contribution >= 4 is 23.7 Å². The minimum Gasteiger partial charge on any atom is -0.366 e. The predicted octanol–water partition coefficient (Wildman–Crippen LogP) is 3.61. The van der Waals surface area contributed by atoms with Gasteiger partial charge in [0, 0.05) is 18.9 Å². The van der Waals surface area contributed by atoms with Gasteiger partial charge in [-0.15, -0.1) is 0 Å². The van der Waals surface area contributed by atoms with E-state index in [1.807, 2.05) is 17.0 Å². The first kappa shape index (κ1) is 18.6. The second-order valence-electron chi connectivity index (χ2n) is 7.14. The monoisotopic (exact) mass is 342 g/mol. The first-order valence-corrected chi connectivity index (χ1v) is 8.34. The van der Waals surface area contributed by atoms with Crippen LogP contribution in [0.5, 0.6) is 0 Å². The highest BCUT2D eigenvalue weighted by Gasteiger charge is 2.14. The van der Waals surface area contributed by atoms with Crippen molar-refractivity contribution in [1.82, 2.24) is 19.7 Å². The Bertz CT molecular complexity index is 742. The largest absolute Gasteiger partial charge is 0.366 e. The van der Waals surface area contributed by atoms with Gasteiger partial charge in [-0.2, -0.15) is 10.1 Å². The molecule has 0 amide bonds. The molecule has 2 aromatic rings. The zero-order valence-corrected chi connectivity index (χ0v) is 15.4. The lowest BCUT2D eigenvalue weighted by Crippen LogP contribution is -2.21. The van der Waals surface area contributed by atoms with Crippen molar-refractivity contribution in [1.29, 1.82) is 0 Å². The third-order valence-electron chi connectivity index (χ3n) is 3.38. The van der Waals surface area contributed by atoms with E-state index in [1.165, 1.54) is 6.20 Å². The number of nitrogens with zero attached hydrogens (tertiary/aromatic N) is 4. The van der Waals surface area contributed by atoms with Crippen molar-refractivity contribution in [2.75, 3.05) is 17.2 Å². The van der Waals surface area contributed by atoms with E-state index >= 15 is 0 Å². The van der Waals surface area contributed by atoms with Crippen LogP contribution in [0.4, 0.5) is 17.5 Å². The molecule has 2 aromatic heterocycles. The highest BCUT2D eigenvalue weighted by molar-refractivity contribution is 5.82. The molecule has 0 spiro atoms. The molecule has 0 unspecified atom stereocenters. The molecule has 25 heavy (non-hydrogen) atoms. The fourth-order valence-electron chi connectivity index (χ4n) is 2.06. The summed E-state index contributed by atoms with van der Waals surface area (Å²) in [6.07, 6.45) is 9.98. The Hall–Kier alpha value is -2.70. The first-order valence-electron chi connectivity index (χ1n) is 8.34. The molecule has 2 N–H and O–H groups in total. The van der Waals surface area contributed by atoms with Crippen molar-refractivity contribution in [3.8, 4) is 0 Å².